The van der Waals surface area contributed by atoms with Crippen LogP contribution in [0.3, 0.4) is 0 Å². The minimum atomic E-state index is -4.10. The molecule has 0 N–H and O–H groups in total. The van der Waals surface area contributed by atoms with Gasteiger partial charge < -0.3 is 4.90 Å². The van der Waals surface area contributed by atoms with Crippen LogP contribution in [-0.4, -0.2) is 36.5 Å². The molecule has 2 rings (SSSR count). The van der Waals surface area contributed by atoms with Crippen molar-refractivity contribution in [3.05, 3.63) is 0 Å². The largest absolute Gasteiger partial charge is 0.393 e. The second-order valence-corrected chi connectivity index (χ2v) is 6.35. The molecule has 2 nitrogen and oxygen atoms in total. The van der Waals surface area contributed by atoms with E-state index in [2.05, 4.69) is 6.92 Å². The van der Waals surface area contributed by atoms with Gasteiger partial charge in [0.25, 0.3) is 0 Å². The van der Waals surface area contributed by atoms with Crippen LogP contribution >= 0.6 is 0 Å². The molecule has 116 valence electrons. The maximum absolute atomic E-state index is 12.8. The van der Waals surface area contributed by atoms with Crippen LogP contribution < -0.4 is 0 Å². The lowest BCUT2D eigenvalue weighted by Gasteiger charge is -2.37. The zero-order valence-electron chi connectivity index (χ0n) is 12.1. The predicted molar refractivity (Wildman–Crippen MR) is 71.3 cm³/mol. The Labute approximate surface area is 118 Å². The molecule has 1 heterocycles. The average Bonchev–Trinajstić information content (AvgIpc) is 2.41. The van der Waals surface area contributed by atoms with Crippen LogP contribution in [0.4, 0.5) is 13.2 Å². The van der Waals surface area contributed by atoms with E-state index in [4.69, 9.17) is 0 Å². The summed E-state index contributed by atoms with van der Waals surface area (Å²) in [6, 6.07) is 0. The molecule has 2 aliphatic rings. The van der Waals surface area contributed by atoms with Crippen LogP contribution in [0.25, 0.3) is 0 Å². The van der Waals surface area contributed by atoms with Crippen LogP contribution in [0.2, 0.25) is 0 Å². The summed E-state index contributed by atoms with van der Waals surface area (Å²) in [5, 5.41) is 0. The molecule has 2 fully saturated rings. The van der Waals surface area contributed by atoms with Crippen LogP contribution in [0.1, 0.15) is 45.4 Å². The van der Waals surface area contributed by atoms with Crippen molar-refractivity contribution in [2.45, 2.75) is 51.6 Å². The Hall–Kier alpha value is -0.580. The molecule has 0 aromatic carbocycles. The Balaban J connectivity index is 1.90. The highest BCUT2D eigenvalue weighted by Gasteiger charge is 2.42. The molecule has 0 aromatic rings. The summed E-state index contributed by atoms with van der Waals surface area (Å²) < 4.78 is 38.4. The molecule has 0 aromatic heterocycles. The monoisotopic (exact) mass is 291 g/mol. The SMILES string of the molecule is CCC1CCC(=O)C(CN2CCCC(C(F)(F)F)C2)C1. The highest BCUT2D eigenvalue weighted by molar-refractivity contribution is 5.81. The number of alkyl halides is 3. The molecule has 1 aliphatic carbocycles. The van der Waals surface area contributed by atoms with Gasteiger partial charge in [-0.2, -0.15) is 13.2 Å². The fourth-order valence-electron chi connectivity index (χ4n) is 3.55. The van der Waals surface area contributed by atoms with Crippen molar-refractivity contribution in [1.29, 1.82) is 0 Å². The number of carbonyl (C=O) groups is 1. The minimum absolute atomic E-state index is 0.0410. The normalized spacial score (nSPS) is 33.4. The number of rotatable bonds is 3. The van der Waals surface area contributed by atoms with Gasteiger partial charge in [0.15, 0.2) is 0 Å². The molecule has 0 bridgehead atoms. The summed E-state index contributed by atoms with van der Waals surface area (Å²) in [6.45, 7) is 3.43. The van der Waals surface area contributed by atoms with E-state index in [1.807, 2.05) is 4.90 Å². The number of hydrogen-bond donors (Lipinski definition) is 0. The predicted octanol–water partition coefficient (Wildman–Crippen LogP) is 3.66. The van der Waals surface area contributed by atoms with E-state index in [-0.39, 0.29) is 24.7 Å². The van der Waals surface area contributed by atoms with Crippen molar-refractivity contribution < 1.29 is 18.0 Å². The molecule has 0 amide bonds. The Morgan fingerprint density at radius 1 is 1.30 bits per heavy atom. The third-order valence-corrected chi connectivity index (χ3v) is 4.90. The molecule has 1 saturated heterocycles. The molecular weight excluding hydrogens is 267 g/mol. The molecular formula is C15H24F3NO. The van der Waals surface area contributed by atoms with Gasteiger partial charge in [-0.3, -0.25) is 4.79 Å². The zero-order valence-corrected chi connectivity index (χ0v) is 12.1. The van der Waals surface area contributed by atoms with E-state index < -0.39 is 12.1 Å². The third kappa shape index (κ3) is 3.96. The van der Waals surface area contributed by atoms with Crippen LogP contribution in [-0.2, 0) is 4.79 Å². The lowest BCUT2D eigenvalue weighted by molar-refractivity contribution is -0.187. The number of Topliss-reactive ketones (excluding diaryl/α,β-unsaturated/α-hetero) is 1. The summed E-state index contributed by atoms with van der Waals surface area (Å²) in [7, 11) is 0. The smallest absolute Gasteiger partial charge is 0.302 e. The Kier molecular flexibility index (Phi) is 5.10. The molecule has 1 aliphatic heterocycles. The fourth-order valence-corrected chi connectivity index (χ4v) is 3.55. The standard InChI is InChI=1S/C15H24F3NO/c1-2-11-5-6-14(20)12(8-11)9-19-7-3-4-13(10-19)15(16,17)18/h11-13H,2-10H2,1H3. The van der Waals surface area contributed by atoms with Crippen molar-refractivity contribution in [2.75, 3.05) is 19.6 Å². The summed E-state index contributed by atoms with van der Waals surface area (Å²) in [5.41, 5.74) is 0. The first-order valence-electron chi connectivity index (χ1n) is 7.72. The van der Waals surface area contributed by atoms with Gasteiger partial charge in [-0.25, -0.2) is 0 Å². The van der Waals surface area contributed by atoms with Gasteiger partial charge in [0, 0.05) is 25.4 Å². The van der Waals surface area contributed by atoms with Gasteiger partial charge >= 0.3 is 6.18 Å². The summed E-state index contributed by atoms with van der Waals surface area (Å²) in [4.78, 5) is 13.8. The van der Waals surface area contributed by atoms with Crippen molar-refractivity contribution in [3.8, 4) is 0 Å². The second-order valence-electron chi connectivity index (χ2n) is 6.35. The molecule has 3 unspecified atom stereocenters. The first-order valence-corrected chi connectivity index (χ1v) is 7.72. The molecule has 5 heteroatoms. The first-order chi connectivity index (χ1) is 9.40. The summed E-state index contributed by atoms with van der Waals surface area (Å²) in [6.07, 6.45) is 0.216. The quantitative estimate of drug-likeness (QED) is 0.791. The lowest BCUT2D eigenvalue weighted by Crippen LogP contribution is -2.45. The zero-order chi connectivity index (χ0) is 14.8. The van der Waals surface area contributed by atoms with Crippen LogP contribution in [0.15, 0.2) is 0 Å². The van der Waals surface area contributed by atoms with E-state index in [9.17, 15) is 18.0 Å². The lowest BCUT2D eigenvalue weighted by atomic mass is 9.79. The maximum atomic E-state index is 12.8. The Morgan fingerprint density at radius 3 is 2.70 bits per heavy atom. The van der Waals surface area contributed by atoms with Gasteiger partial charge in [-0.05, 0) is 38.1 Å². The van der Waals surface area contributed by atoms with E-state index in [0.29, 0.717) is 31.8 Å². The number of likely N-dealkylation sites (tertiary alicyclic amines) is 1. The fraction of sp³-hybridized carbons (Fsp3) is 0.933. The van der Waals surface area contributed by atoms with Crippen LogP contribution in [0, 0.1) is 17.8 Å². The number of hydrogen-bond acceptors (Lipinski definition) is 2. The molecule has 1 saturated carbocycles. The highest BCUT2D eigenvalue weighted by Crippen LogP contribution is 2.35. The van der Waals surface area contributed by atoms with Crippen molar-refractivity contribution in [3.63, 3.8) is 0 Å². The van der Waals surface area contributed by atoms with E-state index in [1.54, 1.807) is 0 Å². The van der Waals surface area contributed by atoms with E-state index in [0.717, 1.165) is 19.3 Å². The van der Waals surface area contributed by atoms with Gasteiger partial charge in [-0.15, -0.1) is 0 Å². The molecule has 0 spiro atoms. The van der Waals surface area contributed by atoms with Gasteiger partial charge in [0.05, 0.1) is 5.92 Å². The summed E-state index contributed by atoms with van der Waals surface area (Å²) >= 11 is 0. The maximum Gasteiger partial charge on any atom is 0.393 e. The van der Waals surface area contributed by atoms with Gasteiger partial charge in [0.2, 0.25) is 0 Å². The molecule has 20 heavy (non-hydrogen) atoms. The molecule has 0 radical (unpaired) electrons. The van der Waals surface area contributed by atoms with Gasteiger partial charge in [0.1, 0.15) is 5.78 Å². The topological polar surface area (TPSA) is 20.3 Å². The number of carbonyl (C=O) groups excluding carboxylic acids is 1. The molecule has 3 atom stereocenters. The average molecular weight is 291 g/mol. The van der Waals surface area contributed by atoms with Crippen LogP contribution in [0.5, 0.6) is 0 Å². The van der Waals surface area contributed by atoms with E-state index in [1.165, 1.54) is 0 Å². The number of ketones is 1. The third-order valence-electron chi connectivity index (χ3n) is 4.90. The number of piperidine rings is 1. The number of nitrogens with zero attached hydrogens (tertiary/aromatic N) is 1. The van der Waals surface area contributed by atoms with Crippen molar-refractivity contribution in [2.24, 2.45) is 17.8 Å². The highest BCUT2D eigenvalue weighted by atomic mass is 19.4. The van der Waals surface area contributed by atoms with Gasteiger partial charge in [-0.1, -0.05) is 13.3 Å². The van der Waals surface area contributed by atoms with Crippen molar-refractivity contribution >= 4 is 5.78 Å². The number of halogens is 3. The Morgan fingerprint density at radius 2 is 2.05 bits per heavy atom. The summed E-state index contributed by atoms with van der Waals surface area (Å²) in [5.74, 6) is -0.428. The first kappa shape index (κ1) is 15.8. The Bertz CT molecular complexity index is 343. The minimum Gasteiger partial charge on any atom is -0.302 e. The second kappa shape index (κ2) is 6.46. The van der Waals surface area contributed by atoms with Crippen molar-refractivity contribution in [1.82, 2.24) is 4.90 Å². The van der Waals surface area contributed by atoms with E-state index >= 15 is 0 Å².